The van der Waals surface area contributed by atoms with Crippen LogP contribution in [-0.2, 0) is 11.2 Å². The van der Waals surface area contributed by atoms with E-state index in [1.807, 2.05) is 62.7 Å². The zero-order valence-electron chi connectivity index (χ0n) is 15.6. The third-order valence-electron chi connectivity index (χ3n) is 3.83. The summed E-state index contributed by atoms with van der Waals surface area (Å²) in [6.45, 7) is 7.48. The van der Waals surface area contributed by atoms with Gasteiger partial charge in [0, 0.05) is 42.9 Å². The maximum atomic E-state index is 11.9. The molecular formula is C20H24N4O2. The van der Waals surface area contributed by atoms with Crippen LogP contribution in [0.4, 0.5) is 4.79 Å². The van der Waals surface area contributed by atoms with Crippen molar-refractivity contribution in [3.8, 4) is 11.1 Å². The number of hydrogen-bond donors (Lipinski definition) is 1. The normalized spacial score (nSPS) is 12.8. The highest BCUT2D eigenvalue weighted by Crippen LogP contribution is 2.21. The van der Waals surface area contributed by atoms with Crippen LogP contribution < -0.4 is 5.32 Å². The summed E-state index contributed by atoms with van der Waals surface area (Å²) in [5.41, 5.74) is 3.47. The van der Waals surface area contributed by atoms with Gasteiger partial charge in [0.15, 0.2) is 0 Å². The van der Waals surface area contributed by atoms with Crippen LogP contribution in [-0.4, -0.2) is 32.1 Å². The van der Waals surface area contributed by atoms with Gasteiger partial charge in [-0.25, -0.2) is 9.78 Å². The van der Waals surface area contributed by atoms with Crippen molar-refractivity contribution in [2.24, 2.45) is 0 Å². The van der Waals surface area contributed by atoms with E-state index in [2.05, 4.69) is 21.4 Å². The van der Waals surface area contributed by atoms with Crippen LogP contribution >= 0.6 is 0 Å². The van der Waals surface area contributed by atoms with Gasteiger partial charge in [-0.15, -0.1) is 0 Å². The fraction of sp³-hybridized carbons (Fsp3) is 0.350. The van der Waals surface area contributed by atoms with Gasteiger partial charge in [-0.2, -0.15) is 0 Å². The molecule has 0 saturated carbocycles. The number of carbonyl (C=O) groups excluding carboxylic acids is 1. The fourth-order valence-electron chi connectivity index (χ4n) is 2.73. The molecule has 3 aromatic rings. The fourth-order valence-corrected chi connectivity index (χ4v) is 2.73. The predicted molar refractivity (Wildman–Crippen MR) is 101 cm³/mol. The van der Waals surface area contributed by atoms with Crippen LogP contribution in [0.1, 0.15) is 33.4 Å². The van der Waals surface area contributed by atoms with E-state index < -0.39 is 11.7 Å². The quantitative estimate of drug-likeness (QED) is 0.774. The summed E-state index contributed by atoms with van der Waals surface area (Å²) >= 11 is 0. The van der Waals surface area contributed by atoms with E-state index in [0.717, 1.165) is 22.5 Å². The average Bonchev–Trinajstić information content (AvgIpc) is 3.00. The summed E-state index contributed by atoms with van der Waals surface area (Å²) in [4.78, 5) is 20.6. The lowest BCUT2D eigenvalue weighted by molar-refractivity contribution is 0.0508. The molecule has 1 atom stereocenters. The Balaban J connectivity index is 1.70. The molecule has 0 unspecified atom stereocenters. The summed E-state index contributed by atoms with van der Waals surface area (Å²) in [5.74, 6) is 0. The van der Waals surface area contributed by atoms with E-state index in [9.17, 15) is 4.79 Å². The summed E-state index contributed by atoms with van der Waals surface area (Å²) < 4.78 is 7.26. The highest BCUT2D eigenvalue weighted by atomic mass is 16.6. The Bertz CT molecular complexity index is 911. The number of hydrogen-bond acceptors (Lipinski definition) is 4. The van der Waals surface area contributed by atoms with Crippen molar-refractivity contribution in [2.75, 3.05) is 0 Å². The lowest BCUT2D eigenvalue weighted by atomic mass is 10.1. The lowest BCUT2D eigenvalue weighted by Gasteiger charge is -2.21. The minimum atomic E-state index is -0.506. The highest BCUT2D eigenvalue weighted by molar-refractivity contribution is 5.68. The Hall–Kier alpha value is -2.89. The third kappa shape index (κ3) is 4.59. The largest absolute Gasteiger partial charge is 0.444 e. The Morgan fingerprint density at radius 1 is 1.15 bits per heavy atom. The van der Waals surface area contributed by atoms with E-state index >= 15 is 0 Å². The molecule has 0 aliphatic heterocycles. The lowest BCUT2D eigenvalue weighted by Crippen LogP contribution is -2.38. The number of ether oxygens (including phenoxy) is 1. The first-order valence-corrected chi connectivity index (χ1v) is 8.68. The first-order valence-electron chi connectivity index (χ1n) is 8.68. The molecule has 3 heterocycles. The smallest absolute Gasteiger partial charge is 0.407 e. The van der Waals surface area contributed by atoms with Crippen molar-refractivity contribution in [2.45, 2.75) is 45.8 Å². The number of imidazole rings is 1. The maximum Gasteiger partial charge on any atom is 0.407 e. The second-order valence-corrected chi connectivity index (χ2v) is 7.40. The summed E-state index contributed by atoms with van der Waals surface area (Å²) in [5, 5.41) is 2.85. The molecule has 6 nitrogen and oxygen atoms in total. The molecule has 3 rings (SSSR count). The minimum Gasteiger partial charge on any atom is -0.444 e. The third-order valence-corrected chi connectivity index (χ3v) is 3.83. The van der Waals surface area contributed by atoms with Gasteiger partial charge in [-0.3, -0.25) is 4.98 Å². The molecule has 0 aliphatic rings. The maximum absolute atomic E-state index is 11.9. The first kappa shape index (κ1) is 17.9. The zero-order chi connectivity index (χ0) is 18.7. The van der Waals surface area contributed by atoms with Crippen molar-refractivity contribution < 1.29 is 9.53 Å². The van der Waals surface area contributed by atoms with Crippen LogP contribution in [0.5, 0.6) is 0 Å². The Labute approximate surface area is 153 Å². The van der Waals surface area contributed by atoms with Gasteiger partial charge in [0.2, 0.25) is 0 Å². The summed E-state index contributed by atoms with van der Waals surface area (Å²) in [7, 11) is 0. The number of aromatic nitrogens is 3. The molecule has 26 heavy (non-hydrogen) atoms. The number of carbonyl (C=O) groups is 1. The van der Waals surface area contributed by atoms with Gasteiger partial charge < -0.3 is 14.5 Å². The average molecular weight is 352 g/mol. The molecule has 6 heteroatoms. The van der Waals surface area contributed by atoms with Crippen molar-refractivity contribution in [1.29, 1.82) is 0 Å². The number of rotatable bonds is 4. The molecule has 1 N–H and O–H groups in total. The molecule has 0 fully saturated rings. The van der Waals surface area contributed by atoms with Crippen LogP contribution in [0.3, 0.4) is 0 Å². The number of amides is 1. The van der Waals surface area contributed by atoms with Crippen LogP contribution in [0.25, 0.3) is 16.8 Å². The van der Waals surface area contributed by atoms with Gasteiger partial charge in [0.25, 0.3) is 0 Å². The van der Waals surface area contributed by atoms with E-state index in [1.54, 1.807) is 12.4 Å². The summed E-state index contributed by atoms with van der Waals surface area (Å²) in [6.07, 6.45) is 7.69. The number of pyridine rings is 2. The molecule has 0 saturated heterocycles. The van der Waals surface area contributed by atoms with Crippen LogP contribution in [0, 0.1) is 0 Å². The second kappa shape index (κ2) is 7.15. The van der Waals surface area contributed by atoms with Gasteiger partial charge in [-0.1, -0.05) is 0 Å². The van der Waals surface area contributed by atoms with Crippen molar-refractivity contribution in [3.05, 3.63) is 54.7 Å². The highest BCUT2D eigenvalue weighted by Gasteiger charge is 2.18. The summed E-state index contributed by atoms with van der Waals surface area (Å²) in [6, 6.07) is 8.03. The number of fused-ring (bicyclic) bond motifs is 1. The molecule has 1 amide bonds. The van der Waals surface area contributed by atoms with Crippen LogP contribution in [0.15, 0.2) is 49.1 Å². The minimum absolute atomic E-state index is 0.0811. The number of alkyl carbamates (subject to hydrolysis) is 1. The molecule has 0 aliphatic carbocycles. The van der Waals surface area contributed by atoms with E-state index in [0.29, 0.717) is 6.42 Å². The zero-order valence-corrected chi connectivity index (χ0v) is 15.6. The topological polar surface area (TPSA) is 68.5 Å². The molecule has 0 spiro atoms. The van der Waals surface area contributed by atoms with E-state index in [4.69, 9.17) is 4.74 Å². The molecule has 0 bridgehead atoms. The van der Waals surface area contributed by atoms with Gasteiger partial charge in [-0.05, 0) is 63.1 Å². The van der Waals surface area contributed by atoms with Gasteiger partial charge in [0.05, 0.1) is 0 Å². The van der Waals surface area contributed by atoms with Gasteiger partial charge in [0.1, 0.15) is 11.2 Å². The Kier molecular flexibility index (Phi) is 4.93. The molecule has 0 radical (unpaired) electrons. The van der Waals surface area contributed by atoms with Crippen molar-refractivity contribution >= 4 is 11.7 Å². The number of nitrogens with one attached hydrogen (secondary N) is 1. The van der Waals surface area contributed by atoms with Crippen LogP contribution in [0.2, 0.25) is 0 Å². The first-order chi connectivity index (χ1) is 12.3. The monoisotopic (exact) mass is 352 g/mol. The molecule has 136 valence electrons. The van der Waals surface area contributed by atoms with Gasteiger partial charge >= 0.3 is 6.09 Å². The Morgan fingerprint density at radius 2 is 1.92 bits per heavy atom. The molecular weight excluding hydrogens is 328 g/mol. The SMILES string of the molecule is C[C@@H](Cc1cc(-c2ccn3ccnc3c2)ccn1)NC(=O)OC(C)(C)C. The molecule has 3 aromatic heterocycles. The molecule has 0 aromatic carbocycles. The second-order valence-electron chi connectivity index (χ2n) is 7.40. The standard InChI is InChI=1S/C20H24N4O2/c1-14(23-19(25)26-20(2,3)4)11-17-12-15(5-7-21-17)16-6-9-24-10-8-22-18(24)13-16/h5-10,12-14H,11H2,1-4H3,(H,23,25)/t14-/m0/s1. The van der Waals surface area contributed by atoms with E-state index in [-0.39, 0.29) is 6.04 Å². The van der Waals surface area contributed by atoms with Crippen molar-refractivity contribution in [1.82, 2.24) is 19.7 Å². The van der Waals surface area contributed by atoms with E-state index in [1.165, 1.54) is 0 Å². The number of nitrogens with zero attached hydrogens (tertiary/aromatic N) is 3. The predicted octanol–water partition coefficient (Wildman–Crippen LogP) is 3.85. The van der Waals surface area contributed by atoms with Crippen molar-refractivity contribution in [3.63, 3.8) is 0 Å². The Morgan fingerprint density at radius 3 is 2.69 bits per heavy atom.